The fraction of sp³-hybridized carbons (Fsp3) is 0.238. The van der Waals surface area contributed by atoms with Crippen LogP contribution in [-0.4, -0.2) is 24.9 Å². The van der Waals surface area contributed by atoms with Gasteiger partial charge in [0.05, 0.1) is 0 Å². The van der Waals surface area contributed by atoms with Crippen LogP contribution in [0, 0.1) is 6.92 Å². The summed E-state index contributed by atoms with van der Waals surface area (Å²) >= 11 is 6.25. The number of carbonyl (C=O) groups is 1. The molecular formula is C21H21ClN2O3. The zero-order valence-electron chi connectivity index (χ0n) is 15.5. The third kappa shape index (κ3) is 4.38. The maximum atomic E-state index is 11.9. The number of amides is 1. The summed E-state index contributed by atoms with van der Waals surface area (Å²) in [4.78, 5) is 25.6. The summed E-state index contributed by atoms with van der Waals surface area (Å²) in [6.07, 6.45) is 0. The van der Waals surface area contributed by atoms with Crippen molar-refractivity contribution in [2.45, 2.75) is 20.0 Å². The lowest BCUT2D eigenvalue weighted by Crippen LogP contribution is -2.19. The SMILES string of the molecule is CNC(=O)c1ccc(CN(C)Cc2cc(=O)oc3cc(C)c(Cl)cc23)cc1. The van der Waals surface area contributed by atoms with Crippen LogP contribution < -0.4 is 10.9 Å². The van der Waals surface area contributed by atoms with Gasteiger partial charge in [0.25, 0.3) is 5.91 Å². The molecule has 3 aromatic rings. The van der Waals surface area contributed by atoms with E-state index in [9.17, 15) is 9.59 Å². The topological polar surface area (TPSA) is 62.6 Å². The first-order valence-corrected chi connectivity index (χ1v) is 8.97. The molecule has 6 heteroatoms. The molecule has 140 valence electrons. The molecule has 0 atom stereocenters. The van der Waals surface area contributed by atoms with Gasteiger partial charge in [-0.05, 0) is 54.9 Å². The zero-order valence-corrected chi connectivity index (χ0v) is 16.3. The van der Waals surface area contributed by atoms with Gasteiger partial charge in [-0.25, -0.2) is 4.79 Å². The van der Waals surface area contributed by atoms with Gasteiger partial charge in [0, 0.05) is 42.2 Å². The van der Waals surface area contributed by atoms with E-state index < -0.39 is 0 Å². The van der Waals surface area contributed by atoms with Crippen molar-refractivity contribution in [3.63, 3.8) is 0 Å². The van der Waals surface area contributed by atoms with Crippen molar-refractivity contribution in [1.29, 1.82) is 0 Å². The molecule has 0 spiro atoms. The minimum atomic E-state index is -0.373. The van der Waals surface area contributed by atoms with E-state index in [4.69, 9.17) is 16.0 Å². The molecule has 27 heavy (non-hydrogen) atoms. The highest BCUT2D eigenvalue weighted by molar-refractivity contribution is 6.32. The minimum absolute atomic E-state index is 0.107. The van der Waals surface area contributed by atoms with Crippen LogP contribution >= 0.6 is 11.6 Å². The summed E-state index contributed by atoms with van der Waals surface area (Å²) in [6.45, 7) is 3.12. The van der Waals surface area contributed by atoms with Gasteiger partial charge >= 0.3 is 5.63 Å². The highest BCUT2D eigenvalue weighted by Gasteiger charge is 2.11. The van der Waals surface area contributed by atoms with Crippen LogP contribution in [0.15, 0.2) is 51.7 Å². The van der Waals surface area contributed by atoms with Gasteiger partial charge in [-0.1, -0.05) is 23.7 Å². The highest BCUT2D eigenvalue weighted by Crippen LogP contribution is 2.26. The Bertz CT molecular complexity index is 1040. The molecule has 0 saturated carbocycles. The molecule has 3 rings (SSSR count). The lowest BCUT2D eigenvalue weighted by molar-refractivity contribution is 0.0963. The third-order valence-electron chi connectivity index (χ3n) is 4.45. The number of carbonyl (C=O) groups excluding carboxylic acids is 1. The van der Waals surface area contributed by atoms with E-state index in [1.807, 2.05) is 32.2 Å². The van der Waals surface area contributed by atoms with Gasteiger partial charge in [-0.2, -0.15) is 0 Å². The lowest BCUT2D eigenvalue weighted by Gasteiger charge is -2.18. The largest absolute Gasteiger partial charge is 0.423 e. The van der Waals surface area contributed by atoms with Gasteiger partial charge < -0.3 is 9.73 Å². The Morgan fingerprint density at radius 3 is 2.52 bits per heavy atom. The lowest BCUT2D eigenvalue weighted by atomic mass is 10.1. The Labute approximate surface area is 162 Å². The maximum Gasteiger partial charge on any atom is 0.336 e. The predicted octanol–water partition coefficient (Wildman–Crippen LogP) is 3.75. The third-order valence-corrected chi connectivity index (χ3v) is 4.85. The van der Waals surface area contributed by atoms with Crippen LogP contribution in [0.25, 0.3) is 11.0 Å². The Hall–Kier alpha value is -2.63. The van der Waals surface area contributed by atoms with Gasteiger partial charge in [0.1, 0.15) is 5.58 Å². The van der Waals surface area contributed by atoms with Gasteiger partial charge in [-0.15, -0.1) is 0 Å². The molecular weight excluding hydrogens is 364 g/mol. The number of nitrogens with zero attached hydrogens (tertiary/aromatic N) is 1. The first-order valence-electron chi connectivity index (χ1n) is 8.60. The number of benzene rings is 2. The van der Waals surface area contributed by atoms with E-state index in [1.54, 1.807) is 25.2 Å². The first kappa shape index (κ1) is 19.1. The van der Waals surface area contributed by atoms with Crippen molar-refractivity contribution >= 4 is 28.5 Å². The number of fused-ring (bicyclic) bond motifs is 1. The van der Waals surface area contributed by atoms with E-state index in [0.717, 1.165) is 22.1 Å². The van der Waals surface area contributed by atoms with Crippen LogP contribution in [0.5, 0.6) is 0 Å². The normalized spacial score (nSPS) is 11.1. The fourth-order valence-corrected chi connectivity index (χ4v) is 3.21. The van der Waals surface area contributed by atoms with Crippen molar-refractivity contribution in [3.8, 4) is 0 Å². The molecule has 0 aliphatic heterocycles. The van der Waals surface area contributed by atoms with Crippen molar-refractivity contribution in [2.75, 3.05) is 14.1 Å². The van der Waals surface area contributed by atoms with E-state index in [-0.39, 0.29) is 11.5 Å². The maximum absolute atomic E-state index is 11.9. The molecule has 0 bridgehead atoms. The summed E-state index contributed by atoms with van der Waals surface area (Å²) in [5.74, 6) is -0.107. The van der Waals surface area contributed by atoms with E-state index >= 15 is 0 Å². The molecule has 1 aromatic heterocycles. The number of rotatable bonds is 5. The number of halogens is 1. The first-order chi connectivity index (χ1) is 12.9. The van der Waals surface area contributed by atoms with Gasteiger partial charge in [-0.3, -0.25) is 9.69 Å². The number of hydrogen-bond acceptors (Lipinski definition) is 4. The Kier molecular flexibility index (Phi) is 5.63. The second-order valence-corrected chi connectivity index (χ2v) is 7.04. The average Bonchev–Trinajstić information content (AvgIpc) is 2.63. The number of aryl methyl sites for hydroxylation is 1. The Morgan fingerprint density at radius 2 is 1.85 bits per heavy atom. The van der Waals surface area contributed by atoms with Crippen molar-refractivity contribution in [1.82, 2.24) is 10.2 Å². The van der Waals surface area contributed by atoms with Crippen LogP contribution in [-0.2, 0) is 13.1 Å². The molecule has 5 nitrogen and oxygen atoms in total. The summed E-state index contributed by atoms with van der Waals surface area (Å²) in [5.41, 5.74) is 3.61. The molecule has 0 saturated heterocycles. The van der Waals surface area contributed by atoms with E-state index in [2.05, 4.69) is 10.2 Å². The monoisotopic (exact) mass is 384 g/mol. The molecule has 0 aliphatic carbocycles. The minimum Gasteiger partial charge on any atom is -0.423 e. The molecule has 1 N–H and O–H groups in total. The predicted molar refractivity (Wildman–Crippen MR) is 107 cm³/mol. The van der Waals surface area contributed by atoms with Crippen molar-refractivity contribution in [2.24, 2.45) is 0 Å². The summed E-state index contributed by atoms with van der Waals surface area (Å²) < 4.78 is 5.31. The van der Waals surface area contributed by atoms with Crippen LogP contribution in [0.3, 0.4) is 0 Å². The van der Waals surface area contributed by atoms with Crippen molar-refractivity contribution in [3.05, 3.63) is 80.2 Å². The summed E-state index contributed by atoms with van der Waals surface area (Å²) in [7, 11) is 3.58. The molecule has 0 aliphatic rings. The number of nitrogens with one attached hydrogen (secondary N) is 1. The average molecular weight is 385 g/mol. The molecule has 1 amide bonds. The fourth-order valence-electron chi connectivity index (χ4n) is 3.04. The van der Waals surface area contributed by atoms with Gasteiger partial charge in [0.15, 0.2) is 0 Å². The van der Waals surface area contributed by atoms with Crippen molar-refractivity contribution < 1.29 is 9.21 Å². The van der Waals surface area contributed by atoms with Gasteiger partial charge in [0.2, 0.25) is 0 Å². The molecule has 0 unspecified atom stereocenters. The Balaban J connectivity index is 1.81. The van der Waals surface area contributed by atoms with E-state index in [0.29, 0.717) is 29.3 Å². The highest BCUT2D eigenvalue weighted by atomic mass is 35.5. The second-order valence-electron chi connectivity index (χ2n) is 6.64. The molecule has 0 radical (unpaired) electrons. The molecule has 2 aromatic carbocycles. The summed E-state index contributed by atoms with van der Waals surface area (Å²) in [5, 5.41) is 4.09. The Morgan fingerprint density at radius 1 is 1.15 bits per heavy atom. The second kappa shape index (κ2) is 7.94. The smallest absolute Gasteiger partial charge is 0.336 e. The quantitative estimate of drug-likeness (QED) is 0.680. The van der Waals surface area contributed by atoms with E-state index in [1.165, 1.54) is 6.07 Å². The summed E-state index contributed by atoms with van der Waals surface area (Å²) in [6, 6.07) is 12.6. The number of hydrogen-bond donors (Lipinski definition) is 1. The van der Waals surface area contributed by atoms with Crippen LogP contribution in [0.4, 0.5) is 0 Å². The molecule has 1 heterocycles. The van der Waals surface area contributed by atoms with Crippen LogP contribution in [0.2, 0.25) is 5.02 Å². The standard InChI is InChI=1S/C21H21ClN2O3/c1-13-8-19-17(10-18(13)22)16(9-20(25)27-19)12-24(3)11-14-4-6-15(7-5-14)21(26)23-2/h4-10H,11-12H2,1-3H3,(H,23,26). The molecule has 0 fully saturated rings. The van der Waals surface area contributed by atoms with Crippen LogP contribution in [0.1, 0.15) is 27.0 Å². The zero-order chi connectivity index (χ0) is 19.6.